The molecule has 0 aromatic heterocycles. The summed E-state index contributed by atoms with van der Waals surface area (Å²) in [7, 11) is 0. The number of carboxylic acid groups (broad SMARTS) is 1. The van der Waals surface area contributed by atoms with E-state index in [1.54, 1.807) is 6.92 Å². The van der Waals surface area contributed by atoms with E-state index in [9.17, 15) is 9.59 Å². The molecule has 0 radical (unpaired) electrons. The summed E-state index contributed by atoms with van der Waals surface area (Å²) >= 11 is 0. The van der Waals surface area contributed by atoms with E-state index in [1.807, 2.05) is 0 Å². The number of carbonyl (C=O) groups excluding carboxylic acids is 1. The molecular formula is C10H18N2O4. The molecule has 6 nitrogen and oxygen atoms in total. The number of nitrogens with one attached hydrogen (secondary N) is 1. The Bertz CT molecular complexity index is 255. The van der Waals surface area contributed by atoms with Crippen LogP contribution in [0.2, 0.25) is 0 Å². The van der Waals surface area contributed by atoms with Crippen LogP contribution in [0.3, 0.4) is 0 Å². The van der Waals surface area contributed by atoms with Crippen molar-refractivity contribution in [2.75, 3.05) is 19.7 Å². The number of aliphatic hydroxyl groups is 1. The molecule has 0 spiro atoms. The molecule has 1 atom stereocenters. The van der Waals surface area contributed by atoms with E-state index >= 15 is 0 Å². The van der Waals surface area contributed by atoms with E-state index in [-0.39, 0.29) is 19.6 Å². The Balaban J connectivity index is 4.17. The van der Waals surface area contributed by atoms with Crippen LogP contribution in [0.25, 0.3) is 0 Å². The van der Waals surface area contributed by atoms with Crippen LogP contribution in [-0.4, -0.2) is 52.9 Å². The molecule has 92 valence electrons. The molecule has 16 heavy (non-hydrogen) atoms. The van der Waals surface area contributed by atoms with Crippen molar-refractivity contribution in [3.8, 4) is 0 Å². The van der Waals surface area contributed by atoms with Gasteiger partial charge in [-0.2, -0.15) is 0 Å². The van der Waals surface area contributed by atoms with Gasteiger partial charge in [-0.3, -0.25) is 4.79 Å². The number of hydrogen-bond donors (Lipinski definition) is 3. The smallest absolute Gasteiger partial charge is 0.317 e. The largest absolute Gasteiger partial charge is 0.481 e. The number of aliphatic hydroxyl groups excluding tert-OH is 1. The lowest BCUT2D eigenvalue weighted by atomic mass is 10.2. The predicted molar refractivity (Wildman–Crippen MR) is 59.1 cm³/mol. The summed E-state index contributed by atoms with van der Waals surface area (Å²) in [5.74, 6) is -0.967. The Morgan fingerprint density at radius 1 is 1.56 bits per heavy atom. The fourth-order valence-electron chi connectivity index (χ4n) is 1.17. The minimum absolute atomic E-state index is 0.132. The van der Waals surface area contributed by atoms with Crippen LogP contribution in [0.1, 0.15) is 13.3 Å². The summed E-state index contributed by atoms with van der Waals surface area (Å²) in [5.41, 5.74) is 0. The van der Waals surface area contributed by atoms with Crippen molar-refractivity contribution in [3.05, 3.63) is 12.7 Å². The molecule has 1 unspecified atom stereocenters. The molecule has 3 N–H and O–H groups in total. The van der Waals surface area contributed by atoms with Crippen LogP contribution in [0.5, 0.6) is 0 Å². The van der Waals surface area contributed by atoms with Crippen molar-refractivity contribution in [1.29, 1.82) is 0 Å². The van der Waals surface area contributed by atoms with Gasteiger partial charge in [0.2, 0.25) is 0 Å². The second kappa shape index (κ2) is 7.70. The standard InChI is InChI=1S/C10H18N2O4/c1-3-4-12(5-6-13)10(16)11-8(2)7-9(14)15/h3,8,13H,1,4-7H2,2H3,(H,11,16)(H,14,15). The van der Waals surface area contributed by atoms with Crippen LogP contribution in [0.4, 0.5) is 4.79 Å². The summed E-state index contributed by atoms with van der Waals surface area (Å²) in [6.45, 7) is 5.46. The quantitative estimate of drug-likeness (QED) is 0.539. The second-order valence-electron chi connectivity index (χ2n) is 3.41. The lowest BCUT2D eigenvalue weighted by molar-refractivity contribution is -0.137. The molecular weight excluding hydrogens is 212 g/mol. The number of amides is 2. The molecule has 6 heteroatoms. The number of carboxylic acids is 1. The van der Waals surface area contributed by atoms with E-state index < -0.39 is 18.0 Å². The first-order chi connectivity index (χ1) is 7.51. The summed E-state index contributed by atoms with van der Waals surface area (Å²) < 4.78 is 0. The zero-order valence-corrected chi connectivity index (χ0v) is 9.35. The number of aliphatic carboxylic acids is 1. The zero-order chi connectivity index (χ0) is 12.6. The molecule has 0 rings (SSSR count). The third-order valence-electron chi connectivity index (χ3n) is 1.86. The zero-order valence-electron chi connectivity index (χ0n) is 9.35. The molecule has 0 aliphatic carbocycles. The Morgan fingerprint density at radius 2 is 2.19 bits per heavy atom. The first-order valence-corrected chi connectivity index (χ1v) is 5.00. The number of carbonyl (C=O) groups is 2. The summed E-state index contributed by atoms with van der Waals surface area (Å²) in [5, 5.41) is 19.8. The number of urea groups is 1. The highest BCUT2D eigenvalue weighted by Gasteiger charge is 2.15. The van der Waals surface area contributed by atoms with Crippen molar-refractivity contribution in [2.45, 2.75) is 19.4 Å². The fourth-order valence-corrected chi connectivity index (χ4v) is 1.17. The minimum Gasteiger partial charge on any atom is -0.481 e. The van der Waals surface area contributed by atoms with Crippen molar-refractivity contribution >= 4 is 12.0 Å². The monoisotopic (exact) mass is 230 g/mol. The van der Waals surface area contributed by atoms with Gasteiger partial charge in [-0.15, -0.1) is 6.58 Å². The molecule has 0 saturated heterocycles. The average Bonchev–Trinajstić information content (AvgIpc) is 2.15. The highest BCUT2D eigenvalue weighted by atomic mass is 16.4. The molecule has 0 heterocycles. The van der Waals surface area contributed by atoms with Gasteiger partial charge in [0.1, 0.15) is 0 Å². The third kappa shape index (κ3) is 6.02. The molecule has 2 amide bonds. The topological polar surface area (TPSA) is 89.9 Å². The number of rotatable bonds is 7. The van der Waals surface area contributed by atoms with Crippen molar-refractivity contribution in [1.82, 2.24) is 10.2 Å². The number of hydrogen-bond acceptors (Lipinski definition) is 3. The van der Waals surface area contributed by atoms with Crippen molar-refractivity contribution < 1.29 is 19.8 Å². The van der Waals surface area contributed by atoms with Gasteiger partial charge in [-0.05, 0) is 6.92 Å². The highest BCUT2D eigenvalue weighted by molar-refractivity contribution is 5.76. The molecule has 0 aromatic rings. The average molecular weight is 230 g/mol. The molecule has 0 saturated carbocycles. The molecule has 0 aliphatic heterocycles. The van der Waals surface area contributed by atoms with Gasteiger partial charge in [-0.25, -0.2) is 4.79 Å². The lowest BCUT2D eigenvalue weighted by Gasteiger charge is -2.22. The van der Waals surface area contributed by atoms with Crippen LogP contribution >= 0.6 is 0 Å². The molecule has 0 bridgehead atoms. The first-order valence-electron chi connectivity index (χ1n) is 5.00. The van der Waals surface area contributed by atoms with Crippen molar-refractivity contribution in [2.24, 2.45) is 0 Å². The van der Waals surface area contributed by atoms with Gasteiger partial charge < -0.3 is 20.4 Å². The fraction of sp³-hybridized carbons (Fsp3) is 0.600. The van der Waals surface area contributed by atoms with Gasteiger partial charge in [-0.1, -0.05) is 6.08 Å². The summed E-state index contributed by atoms with van der Waals surface area (Å²) in [6.07, 6.45) is 1.41. The molecule has 0 fully saturated rings. The van der Waals surface area contributed by atoms with E-state index in [1.165, 1.54) is 11.0 Å². The van der Waals surface area contributed by atoms with Gasteiger partial charge in [0.15, 0.2) is 0 Å². The second-order valence-corrected chi connectivity index (χ2v) is 3.41. The van der Waals surface area contributed by atoms with E-state index in [4.69, 9.17) is 10.2 Å². The first kappa shape index (κ1) is 14.4. The van der Waals surface area contributed by atoms with Gasteiger partial charge in [0.05, 0.1) is 13.0 Å². The van der Waals surface area contributed by atoms with Crippen LogP contribution in [0, 0.1) is 0 Å². The maximum Gasteiger partial charge on any atom is 0.317 e. The van der Waals surface area contributed by atoms with Gasteiger partial charge in [0.25, 0.3) is 0 Å². The van der Waals surface area contributed by atoms with Crippen LogP contribution in [-0.2, 0) is 4.79 Å². The normalized spacial score (nSPS) is 11.6. The third-order valence-corrected chi connectivity index (χ3v) is 1.86. The predicted octanol–water partition coefficient (Wildman–Crippen LogP) is 0.0395. The Labute approximate surface area is 94.6 Å². The van der Waals surface area contributed by atoms with E-state index in [0.29, 0.717) is 6.54 Å². The van der Waals surface area contributed by atoms with Crippen LogP contribution < -0.4 is 5.32 Å². The lowest BCUT2D eigenvalue weighted by Crippen LogP contribution is -2.45. The van der Waals surface area contributed by atoms with Crippen LogP contribution in [0.15, 0.2) is 12.7 Å². The Hall–Kier alpha value is -1.56. The van der Waals surface area contributed by atoms with E-state index in [0.717, 1.165) is 0 Å². The maximum atomic E-state index is 11.6. The maximum absolute atomic E-state index is 11.6. The summed E-state index contributed by atoms with van der Waals surface area (Å²) in [4.78, 5) is 23.3. The molecule has 0 aliphatic rings. The Kier molecular flexibility index (Phi) is 6.95. The van der Waals surface area contributed by atoms with Gasteiger partial charge >= 0.3 is 12.0 Å². The Morgan fingerprint density at radius 3 is 2.62 bits per heavy atom. The number of nitrogens with zero attached hydrogens (tertiary/aromatic N) is 1. The van der Waals surface area contributed by atoms with E-state index in [2.05, 4.69) is 11.9 Å². The van der Waals surface area contributed by atoms with Gasteiger partial charge in [0, 0.05) is 19.1 Å². The van der Waals surface area contributed by atoms with Crippen molar-refractivity contribution in [3.63, 3.8) is 0 Å². The SMILES string of the molecule is C=CCN(CCO)C(=O)NC(C)CC(=O)O. The molecule has 0 aromatic carbocycles. The summed E-state index contributed by atoms with van der Waals surface area (Å²) in [6, 6.07) is -0.848. The minimum atomic E-state index is -0.967. The highest BCUT2D eigenvalue weighted by Crippen LogP contribution is 1.95.